The Balaban J connectivity index is 2.29. The number of rotatable bonds is 7. The van der Waals surface area contributed by atoms with Crippen LogP contribution in [-0.4, -0.2) is 13.2 Å². The lowest BCUT2D eigenvalue weighted by Gasteiger charge is -2.04. The summed E-state index contributed by atoms with van der Waals surface area (Å²) in [5, 5.41) is 0. The van der Waals surface area contributed by atoms with Gasteiger partial charge in [-0.05, 0) is 24.1 Å². The molecule has 0 aliphatic carbocycles. The predicted molar refractivity (Wildman–Crippen MR) is 76.2 cm³/mol. The third kappa shape index (κ3) is 6.44. The largest absolute Gasteiger partial charge is 0.377 e. The number of nitrogens with two attached hydrogens (primary N) is 1. The van der Waals surface area contributed by atoms with Crippen LogP contribution >= 0.6 is 0 Å². The Morgan fingerprint density at radius 3 is 2.89 bits per heavy atom. The van der Waals surface area contributed by atoms with E-state index in [1.54, 1.807) is 0 Å². The van der Waals surface area contributed by atoms with Crippen LogP contribution < -0.4 is 5.73 Å². The molecule has 0 radical (unpaired) electrons. The Kier molecular flexibility index (Phi) is 7.96. The van der Waals surface area contributed by atoms with Crippen molar-refractivity contribution in [1.82, 2.24) is 0 Å². The highest BCUT2D eigenvalue weighted by atomic mass is 16.5. The first-order valence-electron chi connectivity index (χ1n) is 6.72. The van der Waals surface area contributed by atoms with E-state index >= 15 is 0 Å². The topological polar surface area (TPSA) is 35.2 Å². The van der Waals surface area contributed by atoms with E-state index in [0.29, 0.717) is 13.2 Å². The fourth-order valence-electron chi connectivity index (χ4n) is 1.71. The molecule has 0 aromatic heterocycles. The zero-order chi connectivity index (χ0) is 13.1. The number of unbranched alkanes of at least 4 members (excludes halogenated alkanes) is 3. The number of ether oxygens (including phenoxy) is 1. The molecule has 2 heteroatoms. The number of benzene rings is 1. The van der Waals surface area contributed by atoms with Crippen molar-refractivity contribution in [2.75, 3.05) is 13.2 Å². The normalized spacial score (nSPS) is 9.89. The Morgan fingerprint density at radius 2 is 2.11 bits per heavy atom. The van der Waals surface area contributed by atoms with Crippen LogP contribution in [0.1, 0.15) is 43.7 Å². The lowest BCUT2D eigenvalue weighted by Crippen LogP contribution is -1.96. The van der Waals surface area contributed by atoms with Crippen LogP contribution in [0.2, 0.25) is 0 Å². The molecule has 0 atom stereocenters. The SMILES string of the molecule is CCCCCCOCc1cccc(C#CCN)c1. The first-order chi connectivity index (χ1) is 8.86. The van der Waals surface area contributed by atoms with E-state index in [9.17, 15) is 0 Å². The van der Waals surface area contributed by atoms with Gasteiger partial charge in [-0.1, -0.05) is 50.2 Å². The van der Waals surface area contributed by atoms with Gasteiger partial charge in [-0.3, -0.25) is 0 Å². The maximum Gasteiger partial charge on any atom is 0.0717 e. The van der Waals surface area contributed by atoms with Crippen molar-refractivity contribution in [3.05, 3.63) is 35.4 Å². The molecule has 1 rings (SSSR count). The standard InChI is InChI=1S/C16H23NO/c1-2-3-4-5-12-18-14-16-9-6-8-15(13-16)10-7-11-17/h6,8-9,13H,2-5,11-12,14,17H2,1H3. The molecular weight excluding hydrogens is 222 g/mol. The van der Waals surface area contributed by atoms with Gasteiger partial charge in [0.2, 0.25) is 0 Å². The van der Waals surface area contributed by atoms with Gasteiger partial charge in [0.05, 0.1) is 13.2 Å². The molecule has 2 N–H and O–H groups in total. The molecule has 0 bridgehead atoms. The summed E-state index contributed by atoms with van der Waals surface area (Å²) in [7, 11) is 0. The van der Waals surface area contributed by atoms with E-state index in [1.807, 2.05) is 12.1 Å². The minimum Gasteiger partial charge on any atom is -0.377 e. The van der Waals surface area contributed by atoms with Crippen LogP contribution in [0.5, 0.6) is 0 Å². The van der Waals surface area contributed by atoms with Crippen molar-refractivity contribution in [3.63, 3.8) is 0 Å². The molecule has 1 aromatic rings. The van der Waals surface area contributed by atoms with Crippen molar-refractivity contribution in [2.45, 2.75) is 39.2 Å². The van der Waals surface area contributed by atoms with Crippen LogP contribution in [0.3, 0.4) is 0 Å². The first kappa shape index (κ1) is 14.8. The summed E-state index contributed by atoms with van der Waals surface area (Å²) < 4.78 is 5.65. The van der Waals surface area contributed by atoms with E-state index in [2.05, 4.69) is 30.9 Å². The van der Waals surface area contributed by atoms with Crippen LogP contribution in [0, 0.1) is 11.8 Å². The number of hydrogen-bond acceptors (Lipinski definition) is 2. The zero-order valence-electron chi connectivity index (χ0n) is 11.2. The van der Waals surface area contributed by atoms with Gasteiger partial charge >= 0.3 is 0 Å². The van der Waals surface area contributed by atoms with Crippen molar-refractivity contribution in [2.24, 2.45) is 5.73 Å². The molecule has 98 valence electrons. The Morgan fingerprint density at radius 1 is 1.22 bits per heavy atom. The lowest BCUT2D eigenvalue weighted by atomic mass is 10.1. The summed E-state index contributed by atoms with van der Waals surface area (Å²) in [4.78, 5) is 0. The van der Waals surface area contributed by atoms with Gasteiger partial charge in [-0.2, -0.15) is 0 Å². The minimum atomic E-state index is 0.401. The second kappa shape index (κ2) is 9.70. The molecule has 0 saturated heterocycles. The molecule has 0 amide bonds. The summed E-state index contributed by atoms with van der Waals surface area (Å²) in [5.74, 6) is 5.89. The summed E-state index contributed by atoms with van der Waals surface area (Å²) in [6.07, 6.45) is 4.98. The van der Waals surface area contributed by atoms with Gasteiger partial charge in [0, 0.05) is 12.2 Å². The van der Waals surface area contributed by atoms with E-state index in [-0.39, 0.29) is 0 Å². The van der Waals surface area contributed by atoms with Gasteiger partial charge in [-0.15, -0.1) is 0 Å². The van der Waals surface area contributed by atoms with E-state index in [0.717, 1.165) is 18.6 Å². The van der Waals surface area contributed by atoms with E-state index in [1.165, 1.54) is 24.8 Å². The van der Waals surface area contributed by atoms with Crippen molar-refractivity contribution < 1.29 is 4.74 Å². The predicted octanol–water partition coefficient (Wildman–Crippen LogP) is 3.09. The average Bonchev–Trinajstić information content (AvgIpc) is 2.41. The highest BCUT2D eigenvalue weighted by molar-refractivity contribution is 5.37. The molecule has 0 heterocycles. The Bertz CT molecular complexity index is 390. The molecule has 0 spiro atoms. The molecule has 0 aliphatic rings. The average molecular weight is 245 g/mol. The third-order valence-electron chi connectivity index (χ3n) is 2.67. The second-order valence-electron chi connectivity index (χ2n) is 4.32. The molecule has 0 unspecified atom stereocenters. The van der Waals surface area contributed by atoms with Gasteiger partial charge < -0.3 is 10.5 Å². The maximum absolute atomic E-state index is 5.65. The molecule has 2 nitrogen and oxygen atoms in total. The molecule has 0 saturated carbocycles. The summed E-state index contributed by atoms with van der Waals surface area (Å²) in [5.41, 5.74) is 7.54. The third-order valence-corrected chi connectivity index (χ3v) is 2.67. The van der Waals surface area contributed by atoms with E-state index in [4.69, 9.17) is 10.5 Å². The van der Waals surface area contributed by atoms with Gasteiger partial charge in [0.15, 0.2) is 0 Å². The van der Waals surface area contributed by atoms with Gasteiger partial charge in [0.25, 0.3) is 0 Å². The van der Waals surface area contributed by atoms with Crippen LogP contribution in [-0.2, 0) is 11.3 Å². The summed E-state index contributed by atoms with van der Waals surface area (Å²) >= 11 is 0. The molecular formula is C16H23NO. The van der Waals surface area contributed by atoms with Crippen LogP contribution in [0.15, 0.2) is 24.3 Å². The highest BCUT2D eigenvalue weighted by Crippen LogP contribution is 2.06. The molecule has 0 fully saturated rings. The molecule has 1 aromatic carbocycles. The smallest absolute Gasteiger partial charge is 0.0717 e. The summed E-state index contributed by atoms with van der Waals surface area (Å²) in [6.45, 7) is 4.13. The fourth-order valence-corrected chi connectivity index (χ4v) is 1.71. The Hall–Kier alpha value is -1.30. The van der Waals surface area contributed by atoms with Crippen molar-refractivity contribution in [3.8, 4) is 11.8 Å². The van der Waals surface area contributed by atoms with Gasteiger partial charge in [-0.25, -0.2) is 0 Å². The maximum atomic E-state index is 5.65. The summed E-state index contributed by atoms with van der Waals surface area (Å²) in [6, 6.07) is 8.14. The van der Waals surface area contributed by atoms with Gasteiger partial charge in [0.1, 0.15) is 0 Å². The quantitative estimate of drug-likeness (QED) is 0.592. The van der Waals surface area contributed by atoms with Crippen LogP contribution in [0.25, 0.3) is 0 Å². The van der Waals surface area contributed by atoms with Crippen molar-refractivity contribution in [1.29, 1.82) is 0 Å². The fraction of sp³-hybridized carbons (Fsp3) is 0.500. The number of hydrogen-bond donors (Lipinski definition) is 1. The lowest BCUT2D eigenvalue weighted by molar-refractivity contribution is 0.117. The minimum absolute atomic E-state index is 0.401. The monoisotopic (exact) mass is 245 g/mol. The molecule has 18 heavy (non-hydrogen) atoms. The zero-order valence-corrected chi connectivity index (χ0v) is 11.2. The highest BCUT2D eigenvalue weighted by Gasteiger charge is 1.95. The van der Waals surface area contributed by atoms with Crippen LogP contribution in [0.4, 0.5) is 0 Å². The van der Waals surface area contributed by atoms with Crippen molar-refractivity contribution >= 4 is 0 Å². The second-order valence-corrected chi connectivity index (χ2v) is 4.32. The Labute approximate surface area is 111 Å². The molecule has 0 aliphatic heterocycles. The first-order valence-corrected chi connectivity index (χ1v) is 6.72. The van der Waals surface area contributed by atoms with E-state index < -0.39 is 0 Å².